The maximum Gasteiger partial charge on any atom is 0.419 e. The van der Waals surface area contributed by atoms with Crippen LogP contribution in [0.3, 0.4) is 0 Å². The summed E-state index contributed by atoms with van der Waals surface area (Å²) >= 11 is 0. The minimum Gasteiger partial charge on any atom is -0.463 e. The molecule has 0 bridgehead atoms. The average molecular weight is 417 g/mol. The molecule has 0 saturated heterocycles. The van der Waals surface area contributed by atoms with E-state index >= 15 is 4.39 Å². The number of carbonyl (C=O) groups is 1. The number of halogens is 6. The van der Waals surface area contributed by atoms with Crippen molar-refractivity contribution in [3.8, 4) is 11.1 Å². The number of benzene rings is 2. The molecule has 29 heavy (non-hydrogen) atoms. The van der Waals surface area contributed by atoms with Crippen LogP contribution >= 0.6 is 0 Å². The first-order chi connectivity index (χ1) is 13.4. The molecule has 156 valence electrons. The highest BCUT2D eigenvalue weighted by molar-refractivity contribution is 5.91. The van der Waals surface area contributed by atoms with Crippen LogP contribution in [0.15, 0.2) is 24.3 Å². The van der Waals surface area contributed by atoms with Gasteiger partial charge >= 0.3 is 12.1 Å². The fourth-order valence-electron chi connectivity index (χ4n) is 2.90. The molecule has 0 aliphatic carbocycles. The topological polar surface area (TPSA) is 52.3 Å². The zero-order chi connectivity index (χ0) is 22.1. The summed E-state index contributed by atoms with van der Waals surface area (Å²) < 4.78 is 88.5. The van der Waals surface area contributed by atoms with Crippen molar-refractivity contribution in [3.05, 3.63) is 64.0 Å². The van der Waals surface area contributed by atoms with Gasteiger partial charge in [0.15, 0.2) is 0 Å². The Bertz CT molecular complexity index is 996. The third kappa shape index (κ3) is 4.38. The van der Waals surface area contributed by atoms with Gasteiger partial charge in [-0.3, -0.25) is 0 Å². The third-order valence-corrected chi connectivity index (χ3v) is 4.23. The molecule has 2 aromatic rings. The zero-order valence-corrected chi connectivity index (χ0v) is 15.7. The number of alkyl halides is 3. The van der Waals surface area contributed by atoms with Crippen LogP contribution in [-0.4, -0.2) is 12.6 Å². The lowest BCUT2D eigenvalue weighted by Crippen LogP contribution is -2.15. The molecule has 0 amide bonds. The minimum absolute atomic E-state index is 0.0803. The van der Waals surface area contributed by atoms with Crippen molar-refractivity contribution in [1.29, 1.82) is 0 Å². The molecule has 0 radical (unpaired) electrons. The van der Waals surface area contributed by atoms with Gasteiger partial charge in [0.2, 0.25) is 0 Å². The summed E-state index contributed by atoms with van der Waals surface area (Å²) in [5.74, 6) is -5.30. The first-order valence-electron chi connectivity index (χ1n) is 8.39. The molecular weight excluding hydrogens is 400 g/mol. The van der Waals surface area contributed by atoms with Crippen LogP contribution in [0, 0.1) is 31.3 Å². The molecule has 0 aliphatic rings. The van der Waals surface area contributed by atoms with Gasteiger partial charge in [0.05, 0.1) is 23.4 Å². The largest absolute Gasteiger partial charge is 0.463 e. The molecule has 3 nitrogen and oxygen atoms in total. The highest BCUT2D eigenvalue weighted by Gasteiger charge is 2.38. The highest BCUT2D eigenvalue weighted by Crippen LogP contribution is 2.41. The Morgan fingerprint density at radius 3 is 2.31 bits per heavy atom. The van der Waals surface area contributed by atoms with Crippen LogP contribution in [0.2, 0.25) is 0 Å². The van der Waals surface area contributed by atoms with Gasteiger partial charge in [-0.25, -0.2) is 18.0 Å². The molecule has 0 saturated carbocycles. The fraction of sp³-hybridized carbons (Fsp3) is 0.250. The number of hydrogen-bond donors (Lipinski definition) is 1. The number of nitrogens with two attached hydrogens (primary N) is 1. The van der Waals surface area contributed by atoms with Crippen LogP contribution in [0.25, 0.3) is 16.8 Å². The van der Waals surface area contributed by atoms with E-state index in [1.165, 1.54) is 26.8 Å². The van der Waals surface area contributed by atoms with Gasteiger partial charge < -0.3 is 10.5 Å². The summed E-state index contributed by atoms with van der Waals surface area (Å²) in [5, 5.41) is 0. The quantitative estimate of drug-likeness (QED) is 0.419. The van der Waals surface area contributed by atoms with E-state index in [1.54, 1.807) is 0 Å². The summed E-state index contributed by atoms with van der Waals surface area (Å²) in [7, 11) is 0. The number of hydrogen-bond acceptors (Lipinski definition) is 3. The third-order valence-electron chi connectivity index (χ3n) is 4.23. The van der Waals surface area contributed by atoms with E-state index in [0.29, 0.717) is 6.08 Å². The Morgan fingerprint density at radius 1 is 1.14 bits per heavy atom. The van der Waals surface area contributed by atoms with E-state index in [0.717, 1.165) is 6.07 Å². The SMILES string of the molecule is CCOC(=O)/C=C(/N)c1c(F)c(-c2c(C)ccc(F)c2C)cc(C(F)(F)F)c1F. The molecule has 2 aromatic carbocycles. The van der Waals surface area contributed by atoms with Crippen molar-refractivity contribution in [2.45, 2.75) is 26.9 Å². The summed E-state index contributed by atoms with van der Waals surface area (Å²) in [5.41, 5.74) is 0.880. The van der Waals surface area contributed by atoms with E-state index in [4.69, 9.17) is 5.73 Å². The Kier molecular flexibility index (Phi) is 6.30. The van der Waals surface area contributed by atoms with Crippen LogP contribution in [0.1, 0.15) is 29.2 Å². The first kappa shape index (κ1) is 22.3. The Hall–Kier alpha value is -2.97. The monoisotopic (exact) mass is 417 g/mol. The molecular formula is C20H17F6NO2. The van der Waals surface area contributed by atoms with Gasteiger partial charge in [0, 0.05) is 11.6 Å². The lowest BCUT2D eigenvalue weighted by Gasteiger charge is -2.18. The standard InChI is InChI=1S/C20H17F6NO2/c1-4-29-15(28)8-14(27)17-18(22)11(7-12(19(17)23)20(24,25)26)16-9(2)5-6-13(21)10(16)3/h5-8H,4,27H2,1-3H3/b14-8+. The summed E-state index contributed by atoms with van der Waals surface area (Å²) in [6, 6.07) is 2.60. The predicted octanol–water partition coefficient (Wildman–Crippen LogP) is 5.27. The Labute approximate surface area is 162 Å². The fourth-order valence-corrected chi connectivity index (χ4v) is 2.90. The lowest BCUT2D eigenvalue weighted by molar-refractivity contribution is -0.140. The maximum atomic E-state index is 15.2. The molecule has 2 N–H and O–H groups in total. The average Bonchev–Trinajstić information content (AvgIpc) is 2.59. The van der Waals surface area contributed by atoms with Gasteiger partial charge in [-0.2, -0.15) is 13.2 Å². The normalized spacial score (nSPS) is 12.2. The molecule has 0 heterocycles. The molecule has 0 spiro atoms. The van der Waals surface area contributed by atoms with Crippen LogP contribution in [-0.2, 0) is 15.7 Å². The molecule has 0 atom stereocenters. The van der Waals surface area contributed by atoms with Gasteiger partial charge in [0.25, 0.3) is 0 Å². The molecule has 0 unspecified atom stereocenters. The molecule has 9 heteroatoms. The Balaban J connectivity index is 2.92. The van der Waals surface area contributed by atoms with Crippen molar-refractivity contribution in [2.75, 3.05) is 6.61 Å². The zero-order valence-electron chi connectivity index (χ0n) is 15.7. The second kappa shape index (κ2) is 8.18. The van der Waals surface area contributed by atoms with Crippen molar-refractivity contribution in [1.82, 2.24) is 0 Å². The van der Waals surface area contributed by atoms with E-state index in [2.05, 4.69) is 4.74 Å². The number of rotatable bonds is 4. The van der Waals surface area contributed by atoms with Gasteiger partial charge in [-0.1, -0.05) is 6.07 Å². The Morgan fingerprint density at radius 2 is 1.76 bits per heavy atom. The number of carbonyl (C=O) groups excluding carboxylic acids is 1. The van der Waals surface area contributed by atoms with Crippen molar-refractivity contribution < 1.29 is 35.9 Å². The number of esters is 1. The van der Waals surface area contributed by atoms with Crippen LogP contribution in [0.5, 0.6) is 0 Å². The summed E-state index contributed by atoms with van der Waals surface area (Å²) in [4.78, 5) is 11.5. The second-order valence-corrected chi connectivity index (χ2v) is 6.19. The van der Waals surface area contributed by atoms with E-state index in [1.807, 2.05) is 0 Å². The summed E-state index contributed by atoms with van der Waals surface area (Å²) in [6.45, 7) is 4.07. The first-order valence-corrected chi connectivity index (χ1v) is 8.39. The second-order valence-electron chi connectivity index (χ2n) is 6.19. The number of aryl methyl sites for hydroxylation is 1. The van der Waals surface area contributed by atoms with E-state index in [9.17, 15) is 26.7 Å². The number of ether oxygens (including phenoxy) is 1. The van der Waals surface area contributed by atoms with Crippen molar-refractivity contribution >= 4 is 11.7 Å². The molecule has 0 aliphatic heterocycles. The van der Waals surface area contributed by atoms with Crippen LogP contribution < -0.4 is 5.73 Å². The van der Waals surface area contributed by atoms with E-state index < -0.39 is 52.0 Å². The van der Waals surface area contributed by atoms with Crippen molar-refractivity contribution in [3.63, 3.8) is 0 Å². The van der Waals surface area contributed by atoms with Gasteiger partial charge in [0.1, 0.15) is 17.5 Å². The van der Waals surface area contributed by atoms with Crippen LogP contribution in [0.4, 0.5) is 26.3 Å². The molecule has 2 rings (SSSR count). The molecule has 0 aromatic heterocycles. The molecule has 0 fully saturated rings. The van der Waals surface area contributed by atoms with Gasteiger partial charge in [-0.15, -0.1) is 0 Å². The van der Waals surface area contributed by atoms with Crippen molar-refractivity contribution in [2.24, 2.45) is 5.73 Å². The smallest absolute Gasteiger partial charge is 0.419 e. The minimum atomic E-state index is -5.19. The van der Waals surface area contributed by atoms with Gasteiger partial charge in [-0.05, 0) is 49.6 Å². The summed E-state index contributed by atoms with van der Waals surface area (Å²) in [6.07, 6.45) is -4.71. The highest BCUT2D eigenvalue weighted by atomic mass is 19.4. The maximum absolute atomic E-state index is 15.2. The predicted molar refractivity (Wildman–Crippen MR) is 95.0 cm³/mol. The van der Waals surface area contributed by atoms with E-state index in [-0.39, 0.29) is 29.4 Å². The lowest BCUT2D eigenvalue weighted by atomic mass is 9.90.